The highest BCUT2D eigenvalue weighted by Gasteiger charge is 2.42. The average Bonchev–Trinajstić information content (AvgIpc) is 1.82. The van der Waals surface area contributed by atoms with Crippen LogP contribution in [0.1, 0.15) is 5.56 Å². The monoisotopic (exact) mass is 1120 g/mol. The molecule has 3 aromatic heterocycles. The smallest absolute Gasteiger partial charge is 0.260 e. The summed E-state index contributed by atoms with van der Waals surface area (Å²) in [6.45, 7) is -0.143. The number of hydrogen-bond donors (Lipinski definition) is 0. The lowest BCUT2D eigenvalue weighted by Gasteiger charge is -2.33. The topological polar surface area (TPSA) is 110 Å². The normalized spacial score (nSPS) is 13.3. The van der Waals surface area contributed by atoms with Crippen LogP contribution in [0.4, 0.5) is 0 Å². The van der Waals surface area contributed by atoms with Gasteiger partial charge >= 0.3 is 0 Å². The summed E-state index contributed by atoms with van der Waals surface area (Å²) in [5.74, 6) is 6.26. The molecule has 0 amide bonds. The SMILES string of the molecule is N#Cc1ccc(S(=O)(=O)c2ccc(-n3c4ccc5c(c6ccccc6n5-c5cc6c7c(c5)Oc5ccccc5B7c5ccccc5O6)c4c4c5c6ccccc6n(-c6cc7c8c(c6)Oc6ccccc6B8c6ccccc6O7)c5ccc43)cc2)cc1. The Bertz CT molecular complexity index is 5300. The predicted octanol–water partition coefficient (Wildman–Crippen LogP) is 13.1. The Morgan fingerprint density at radius 2 is 0.651 bits per heavy atom. The fourth-order valence-electron chi connectivity index (χ4n) is 14.6. The minimum absolute atomic E-state index is 0.0717. The average molecular weight is 1120 g/mol. The molecule has 0 bridgehead atoms. The van der Waals surface area contributed by atoms with Crippen LogP contribution in [0, 0.1) is 11.3 Å². The van der Waals surface area contributed by atoms with E-state index in [1.165, 1.54) is 24.3 Å². The van der Waals surface area contributed by atoms with Crippen LogP contribution in [0.5, 0.6) is 46.0 Å². The molecule has 0 spiro atoms. The van der Waals surface area contributed by atoms with E-state index in [1.807, 2.05) is 60.7 Å². The van der Waals surface area contributed by atoms with Crippen molar-refractivity contribution in [3.63, 3.8) is 0 Å². The number of fused-ring (bicyclic) bond motifs is 19. The number of hydrogen-bond acceptors (Lipinski definition) is 7. The van der Waals surface area contributed by atoms with E-state index in [2.05, 4.69) is 165 Å². The third-order valence-corrected chi connectivity index (χ3v) is 19.9. The van der Waals surface area contributed by atoms with E-state index in [9.17, 15) is 13.7 Å². The molecule has 0 fully saturated rings. The second-order valence-electron chi connectivity index (χ2n) is 22.5. The van der Waals surface area contributed by atoms with Gasteiger partial charge in [-0.3, -0.25) is 0 Å². The van der Waals surface area contributed by atoms with E-state index >= 15 is 0 Å². The molecule has 7 heterocycles. The van der Waals surface area contributed by atoms with Crippen LogP contribution in [0.15, 0.2) is 252 Å². The maximum Gasteiger partial charge on any atom is 0.260 e. The fourth-order valence-corrected chi connectivity index (χ4v) is 15.8. The first-order valence-corrected chi connectivity index (χ1v) is 30.1. The highest BCUT2D eigenvalue weighted by molar-refractivity contribution is 7.91. The summed E-state index contributed by atoms with van der Waals surface area (Å²) < 4.78 is 62.9. The van der Waals surface area contributed by atoms with Crippen molar-refractivity contribution in [3.8, 4) is 69.1 Å². The number of ether oxygens (including phenoxy) is 4. The molecule has 0 N–H and O–H groups in total. The minimum atomic E-state index is -3.93. The zero-order valence-electron chi connectivity index (χ0n) is 45.4. The van der Waals surface area contributed by atoms with E-state index in [1.54, 1.807) is 12.1 Å². The van der Waals surface area contributed by atoms with Crippen LogP contribution in [-0.2, 0) is 9.84 Å². The molecule has 0 aliphatic carbocycles. The van der Waals surface area contributed by atoms with Crippen molar-refractivity contribution in [1.82, 2.24) is 13.7 Å². The molecule has 400 valence electrons. The van der Waals surface area contributed by atoms with Gasteiger partial charge in [-0.2, -0.15) is 5.26 Å². The predicted molar refractivity (Wildman–Crippen MR) is 341 cm³/mol. The van der Waals surface area contributed by atoms with Crippen molar-refractivity contribution < 1.29 is 27.4 Å². The summed E-state index contributed by atoms with van der Waals surface area (Å²) in [5.41, 5.74) is 15.2. The quantitative estimate of drug-likeness (QED) is 0.158. The molecule has 4 aliphatic rings. The number of sulfone groups is 1. The third kappa shape index (κ3) is 6.37. The van der Waals surface area contributed by atoms with Gasteiger partial charge in [-0.15, -0.1) is 0 Å². The molecule has 0 radical (unpaired) electrons. The van der Waals surface area contributed by atoms with Crippen LogP contribution in [0.3, 0.4) is 0 Å². The molecular formula is C73H40B2N4O6S. The second kappa shape index (κ2) is 17.2. The standard InChI is InChI=1S/C73H40B2N4O6S/c76-41-42-25-29-46(30-26-42)86(80,81)47-31-27-43(28-32-47)77-58-35-33-56-68(48-13-1-7-19-54(48)78(56)44-37-64-72-65(38-44)83-61-22-10-4-16-51(61)74(72)50-15-3-9-21-60(50)82-64)70(58)71-59(77)36-34-57-69(71)49-14-2-8-20-55(49)79(57)45-39-66-73-67(40-45)85-63-24-12-6-18-53(63)75(73)52-17-5-11-23-62(52)84-66/h1-40H. The maximum absolute atomic E-state index is 14.2. The molecule has 12 aromatic carbocycles. The number of benzene rings is 12. The Balaban J connectivity index is 0.885. The van der Waals surface area contributed by atoms with Gasteiger partial charge in [0.15, 0.2) is 0 Å². The summed E-state index contributed by atoms with van der Waals surface area (Å²) in [7, 11) is -3.93. The first-order chi connectivity index (χ1) is 42.4. The lowest BCUT2D eigenvalue weighted by molar-refractivity contribution is 0.463. The molecule has 0 atom stereocenters. The molecule has 10 nitrogen and oxygen atoms in total. The van der Waals surface area contributed by atoms with Gasteiger partial charge < -0.3 is 32.6 Å². The fraction of sp³-hybridized carbons (Fsp3) is 0. The molecule has 13 heteroatoms. The molecular weight excluding hydrogens is 1080 g/mol. The third-order valence-electron chi connectivity index (χ3n) is 18.1. The largest absolute Gasteiger partial charge is 0.458 e. The number of para-hydroxylation sites is 6. The Hall–Kier alpha value is -11.2. The highest BCUT2D eigenvalue weighted by Crippen LogP contribution is 2.49. The summed E-state index contributed by atoms with van der Waals surface area (Å²) in [5, 5.41) is 15.8. The molecule has 86 heavy (non-hydrogen) atoms. The van der Waals surface area contributed by atoms with Crippen LogP contribution in [-0.4, -0.2) is 35.5 Å². The van der Waals surface area contributed by atoms with E-state index < -0.39 is 9.84 Å². The van der Waals surface area contributed by atoms with Gasteiger partial charge in [-0.25, -0.2) is 8.42 Å². The van der Waals surface area contributed by atoms with Gasteiger partial charge in [-0.05, 0) is 131 Å². The van der Waals surface area contributed by atoms with Crippen LogP contribution in [0.25, 0.3) is 82.5 Å². The number of nitriles is 1. The van der Waals surface area contributed by atoms with Gasteiger partial charge in [0.25, 0.3) is 13.4 Å². The lowest BCUT2D eigenvalue weighted by atomic mass is 9.35. The minimum Gasteiger partial charge on any atom is -0.458 e. The van der Waals surface area contributed by atoms with Crippen molar-refractivity contribution >= 4 is 121 Å². The van der Waals surface area contributed by atoms with Gasteiger partial charge in [0.2, 0.25) is 9.84 Å². The van der Waals surface area contributed by atoms with Gasteiger partial charge in [0, 0.05) is 73.2 Å². The van der Waals surface area contributed by atoms with Crippen molar-refractivity contribution in [2.24, 2.45) is 0 Å². The van der Waals surface area contributed by atoms with Crippen LogP contribution >= 0.6 is 0 Å². The molecule has 0 saturated carbocycles. The Labute approximate surface area is 492 Å². The van der Waals surface area contributed by atoms with Crippen LogP contribution in [0.2, 0.25) is 0 Å². The van der Waals surface area contributed by atoms with Crippen molar-refractivity contribution in [2.45, 2.75) is 9.79 Å². The first-order valence-electron chi connectivity index (χ1n) is 28.6. The molecule has 19 rings (SSSR count). The van der Waals surface area contributed by atoms with E-state index in [4.69, 9.17) is 18.9 Å². The number of aromatic nitrogens is 3. The van der Waals surface area contributed by atoms with Crippen molar-refractivity contribution in [1.29, 1.82) is 5.26 Å². The van der Waals surface area contributed by atoms with Gasteiger partial charge in [0.05, 0.1) is 65.9 Å². The lowest BCUT2D eigenvalue weighted by Crippen LogP contribution is -2.57. The Morgan fingerprint density at radius 1 is 0.326 bits per heavy atom. The zero-order valence-corrected chi connectivity index (χ0v) is 46.2. The van der Waals surface area contributed by atoms with E-state index in [0.717, 1.165) is 161 Å². The zero-order chi connectivity index (χ0) is 56.7. The van der Waals surface area contributed by atoms with E-state index in [0.29, 0.717) is 5.56 Å². The summed E-state index contributed by atoms with van der Waals surface area (Å²) in [6, 6.07) is 83.1. The first kappa shape index (κ1) is 47.3. The number of rotatable bonds is 5. The molecule has 15 aromatic rings. The highest BCUT2D eigenvalue weighted by atomic mass is 32.2. The van der Waals surface area contributed by atoms with Crippen LogP contribution < -0.4 is 51.7 Å². The maximum atomic E-state index is 14.2. The van der Waals surface area contributed by atoms with E-state index in [-0.39, 0.29) is 23.2 Å². The Morgan fingerprint density at radius 3 is 1.03 bits per heavy atom. The number of nitrogens with zero attached hydrogens (tertiary/aromatic N) is 4. The molecule has 0 saturated heterocycles. The summed E-state index contributed by atoms with van der Waals surface area (Å²) >= 11 is 0. The Kier molecular flexibility index (Phi) is 9.47. The van der Waals surface area contributed by atoms with Crippen molar-refractivity contribution in [3.05, 3.63) is 248 Å². The van der Waals surface area contributed by atoms with Crippen molar-refractivity contribution in [2.75, 3.05) is 0 Å². The van der Waals surface area contributed by atoms with Gasteiger partial charge in [-0.1, -0.05) is 109 Å². The molecule has 4 aliphatic heterocycles. The van der Waals surface area contributed by atoms with Gasteiger partial charge in [0.1, 0.15) is 46.0 Å². The summed E-state index contributed by atoms with van der Waals surface area (Å²) in [4.78, 5) is 0.263. The molecule has 0 unspecified atom stereocenters. The second-order valence-corrected chi connectivity index (χ2v) is 24.5. The summed E-state index contributed by atoms with van der Waals surface area (Å²) in [6.07, 6.45) is 0.